The third-order valence-electron chi connectivity index (χ3n) is 2.85. The summed E-state index contributed by atoms with van der Waals surface area (Å²) in [4.78, 5) is 22.0. The van der Waals surface area contributed by atoms with Gasteiger partial charge in [0.05, 0.1) is 23.6 Å². The fraction of sp³-hybridized carbons (Fsp3) is 0.462. The number of aliphatic hydroxyl groups is 1. The Morgan fingerprint density at radius 3 is 2.70 bits per heavy atom. The van der Waals surface area contributed by atoms with Crippen molar-refractivity contribution in [3.05, 3.63) is 39.9 Å². The number of aliphatic hydroxyl groups excluding tert-OH is 1. The third-order valence-corrected chi connectivity index (χ3v) is 2.85. The van der Waals surface area contributed by atoms with Crippen LogP contribution in [0, 0.1) is 10.1 Å². The van der Waals surface area contributed by atoms with Crippen LogP contribution in [0.2, 0.25) is 0 Å². The number of benzene rings is 1. The normalized spacial score (nSPS) is 13.3. The molecular formula is C13H19N3O4. The van der Waals surface area contributed by atoms with Crippen molar-refractivity contribution in [2.24, 2.45) is 0 Å². The highest BCUT2D eigenvalue weighted by Gasteiger charge is 2.16. The molecule has 2 atom stereocenters. The number of nitro groups is 1. The lowest BCUT2D eigenvalue weighted by Crippen LogP contribution is -2.43. The van der Waals surface area contributed by atoms with Crippen molar-refractivity contribution < 1.29 is 14.8 Å². The summed E-state index contributed by atoms with van der Waals surface area (Å²) in [6.07, 6.45) is 0.599. The second kappa shape index (κ2) is 7.44. The molecule has 0 aliphatic carbocycles. The Bertz CT molecular complexity index is 478. The molecule has 0 saturated carbocycles. The highest BCUT2D eigenvalue weighted by Crippen LogP contribution is 2.21. The number of amides is 2. The predicted molar refractivity (Wildman–Crippen MR) is 74.3 cm³/mol. The van der Waals surface area contributed by atoms with E-state index < -0.39 is 11.0 Å². The fourth-order valence-corrected chi connectivity index (χ4v) is 1.75. The lowest BCUT2D eigenvalue weighted by Gasteiger charge is -2.19. The number of urea groups is 1. The van der Waals surface area contributed by atoms with Crippen LogP contribution in [0.5, 0.6) is 0 Å². The van der Waals surface area contributed by atoms with Crippen LogP contribution in [0.25, 0.3) is 0 Å². The molecule has 1 aromatic rings. The van der Waals surface area contributed by atoms with Crippen molar-refractivity contribution in [2.75, 3.05) is 6.61 Å². The molecule has 2 amide bonds. The summed E-state index contributed by atoms with van der Waals surface area (Å²) in [5.41, 5.74) is 0.667. The first kappa shape index (κ1) is 15.9. The summed E-state index contributed by atoms with van der Waals surface area (Å²) in [6, 6.07) is 5.10. The molecule has 0 saturated heterocycles. The Morgan fingerprint density at radius 2 is 2.15 bits per heavy atom. The lowest BCUT2D eigenvalue weighted by molar-refractivity contribution is -0.384. The van der Waals surface area contributed by atoms with Crippen LogP contribution in [-0.4, -0.2) is 28.7 Å². The molecule has 1 aromatic carbocycles. The Morgan fingerprint density at radius 1 is 1.45 bits per heavy atom. The maximum atomic E-state index is 11.7. The number of carbonyl (C=O) groups is 1. The Kier molecular flexibility index (Phi) is 5.92. The monoisotopic (exact) mass is 281 g/mol. The van der Waals surface area contributed by atoms with Gasteiger partial charge in [-0.25, -0.2) is 4.79 Å². The van der Waals surface area contributed by atoms with E-state index in [4.69, 9.17) is 5.11 Å². The van der Waals surface area contributed by atoms with Crippen LogP contribution >= 0.6 is 0 Å². The lowest BCUT2D eigenvalue weighted by atomic mass is 10.0. The maximum absolute atomic E-state index is 11.7. The average Bonchev–Trinajstić information content (AvgIpc) is 2.44. The first-order chi connectivity index (χ1) is 9.47. The van der Waals surface area contributed by atoms with Gasteiger partial charge in [-0.05, 0) is 18.9 Å². The van der Waals surface area contributed by atoms with Crippen LogP contribution in [-0.2, 0) is 0 Å². The van der Waals surface area contributed by atoms with Crippen molar-refractivity contribution in [1.82, 2.24) is 10.6 Å². The molecule has 3 N–H and O–H groups in total. The zero-order chi connectivity index (χ0) is 15.1. The Hall–Kier alpha value is -2.15. The Labute approximate surface area is 117 Å². The third kappa shape index (κ3) is 4.51. The molecule has 1 rings (SSSR count). The van der Waals surface area contributed by atoms with Gasteiger partial charge in [-0.3, -0.25) is 10.1 Å². The topological polar surface area (TPSA) is 104 Å². The number of nitrogens with zero attached hydrogens (tertiary/aromatic N) is 1. The maximum Gasteiger partial charge on any atom is 0.315 e. The smallest absolute Gasteiger partial charge is 0.315 e. The van der Waals surface area contributed by atoms with Crippen LogP contribution < -0.4 is 10.6 Å². The Balaban J connectivity index is 2.78. The first-order valence-electron chi connectivity index (χ1n) is 6.40. The molecule has 7 nitrogen and oxygen atoms in total. The molecule has 0 spiro atoms. The molecular weight excluding hydrogens is 262 g/mol. The summed E-state index contributed by atoms with van der Waals surface area (Å²) in [6.45, 7) is 3.40. The van der Waals surface area contributed by atoms with Crippen LogP contribution in [0.3, 0.4) is 0 Å². The number of nitrogens with one attached hydrogen (secondary N) is 2. The second-order valence-corrected chi connectivity index (χ2v) is 4.51. The zero-order valence-electron chi connectivity index (χ0n) is 11.5. The molecule has 0 fully saturated rings. The summed E-state index contributed by atoms with van der Waals surface area (Å²) in [7, 11) is 0. The number of hydrogen-bond acceptors (Lipinski definition) is 4. The van der Waals surface area contributed by atoms with E-state index in [0.29, 0.717) is 12.0 Å². The van der Waals surface area contributed by atoms with Gasteiger partial charge in [0.25, 0.3) is 5.69 Å². The minimum absolute atomic E-state index is 0.00751. The zero-order valence-corrected chi connectivity index (χ0v) is 11.5. The van der Waals surface area contributed by atoms with Crippen molar-refractivity contribution in [1.29, 1.82) is 0 Å². The van der Waals surface area contributed by atoms with E-state index in [1.165, 1.54) is 12.1 Å². The standard InChI is InChI=1S/C13H19N3O4/c1-3-12(15-13(18)14-9(2)8-17)10-5-4-6-11(7-10)16(19)20/h4-7,9,12,17H,3,8H2,1-2H3,(H2,14,15,18). The molecule has 0 radical (unpaired) electrons. The molecule has 0 aliphatic heterocycles. The van der Waals surface area contributed by atoms with Crippen molar-refractivity contribution in [3.63, 3.8) is 0 Å². The minimum atomic E-state index is -0.468. The summed E-state index contributed by atoms with van der Waals surface area (Å²) in [5.74, 6) is 0. The van der Waals surface area contributed by atoms with Crippen LogP contribution in [0.4, 0.5) is 10.5 Å². The van der Waals surface area contributed by atoms with Gasteiger partial charge in [0.15, 0.2) is 0 Å². The molecule has 20 heavy (non-hydrogen) atoms. The molecule has 110 valence electrons. The summed E-state index contributed by atoms with van der Waals surface area (Å²) in [5, 5.41) is 24.9. The van der Waals surface area contributed by atoms with Crippen molar-refractivity contribution in [2.45, 2.75) is 32.4 Å². The quantitative estimate of drug-likeness (QED) is 0.545. The number of rotatable bonds is 6. The van der Waals surface area contributed by atoms with Crippen LogP contribution in [0.1, 0.15) is 31.9 Å². The molecule has 2 unspecified atom stereocenters. The van der Waals surface area contributed by atoms with E-state index in [0.717, 1.165) is 0 Å². The summed E-state index contributed by atoms with van der Waals surface area (Å²) >= 11 is 0. The number of non-ortho nitro benzene ring substituents is 1. The number of hydrogen-bond donors (Lipinski definition) is 3. The van der Waals surface area contributed by atoms with Crippen LogP contribution in [0.15, 0.2) is 24.3 Å². The van der Waals surface area contributed by atoms with E-state index >= 15 is 0 Å². The van der Waals surface area contributed by atoms with E-state index in [-0.39, 0.29) is 24.4 Å². The molecule has 0 aromatic heterocycles. The van der Waals surface area contributed by atoms with E-state index in [1.807, 2.05) is 6.92 Å². The SMILES string of the molecule is CCC(NC(=O)NC(C)CO)c1cccc([N+](=O)[O-])c1. The van der Waals surface area contributed by atoms with Crippen molar-refractivity contribution >= 4 is 11.7 Å². The van der Waals surface area contributed by atoms with Gasteiger partial charge in [0, 0.05) is 12.1 Å². The number of nitro benzene ring substituents is 1. The van der Waals surface area contributed by atoms with E-state index in [1.54, 1.807) is 19.1 Å². The average molecular weight is 281 g/mol. The highest BCUT2D eigenvalue weighted by atomic mass is 16.6. The largest absolute Gasteiger partial charge is 0.394 e. The number of carbonyl (C=O) groups excluding carboxylic acids is 1. The predicted octanol–water partition coefficient (Wildman–Crippen LogP) is 1.73. The molecule has 0 aliphatic rings. The molecule has 0 bridgehead atoms. The van der Waals surface area contributed by atoms with E-state index in [9.17, 15) is 14.9 Å². The highest BCUT2D eigenvalue weighted by molar-refractivity contribution is 5.74. The first-order valence-corrected chi connectivity index (χ1v) is 6.40. The van der Waals surface area contributed by atoms with Gasteiger partial charge in [0.1, 0.15) is 0 Å². The van der Waals surface area contributed by atoms with Gasteiger partial charge in [-0.2, -0.15) is 0 Å². The second-order valence-electron chi connectivity index (χ2n) is 4.51. The summed E-state index contributed by atoms with van der Waals surface area (Å²) < 4.78 is 0. The van der Waals surface area contributed by atoms with Gasteiger partial charge in [0.2, 0.25) is 0 Å². The van der Waals surface area contributed by atoms with Gasteiger partial charge in [-0.15, -0.1) is 0 Å². The molecule has 7 heteroatoms. The van der Waals surface area contributed by atoms with Gasteiger partial charge < -0.3 is 15.7 Å². The fourth-order valence-electron chi connectivity index (χ4n) is 1.75. The van der Waals surface area contributed by atoms with Crippen molar-refractivity contribution in [3.8, 4) is 0 Å². The minimum Gasteiger partial charge on any atom is -0.394 e. The molecule has 0 heterocycles. The van der Waals surface area contributed by atoms with E-state index in [2.05, 4.69) is 10.6 Å². The van der Waals surface area contributed by atoms with Gasteiger partial charge in [-0.1, -0.05) is 19.1 Å². The van der Waals surface area contributed by atoms with Gasteiger partial charge >= 0.3 is 6.03 Å².